The molecule has 0 aliphatic heterocycles. The summed E-state index contributed by atoms with van der Waals surface area (Å²) < 4.78 is 25.6. The van der Waals surface area contributed by atoms with Crippen molar-refractivity contribution in [2.24, 2.45) is 5.41 Å². The van der Waals surface area contributed by atoms with Crippen LogP contribution in [0.4, 0.5) is 8.78 Å². The van der Waals surface area contributed by atoms with Gasteiger partial charge in [0.25, 0.3) is 0 Å². The van der Waals surface area contributed by atoms with Crippen LogP contribution >= 0.6 is 0 Å². The van der Waals surface area contributed by atoms with Gasteiger partial charge in [0, 0.05) is 0 Å². The molecule has 0 bridgehead atoms. The molecular weight excluding hydrogens is 222 g/mol. The average molecular weight is 242 g/mol. The van der Waals surface area contributed by atoms with Crippen molar-refractivity contribution < 1.29 is 13.9 Å². The number of hydrogen-bond acceptors (Lipinski definition) is 1. The highest BCUT2D eigenvalue weighted by molar-refractivity contribution is 5.17. The van der Waals surface area contributed by atoms with Crippen LogP contribution in [0.15, 0.2) is 18.2 Å². The molecule has 96 valence electrons. The second kappa shape index (κ2) is 5.58. The standard InChI is InChI=1S/C14H20F2O/c1-14(2,3)13(17)6-4-5-10-7-8-11(15)12(16)9-10/h7-9,13,17H,4-6H2,1-3H3. The third-order valence-electron chi connectivity index (χ3n) is 2.93. The molecule has 1 aromatic carbocycles. The van der Waals surface area contributed by atoms with Gasteiger partial charge in [0.1, 0.15) is 0 Å². The Balaban J connectivity index is 2.44. The summed E-state index contributed by atoms with van der Waals surface area (Å²) in [5.41, 5.74) is 0.638. The summed E-state index contributed by atoms with van der Waals surface area (Å²) in [6.07, 6.45) is 1.73. The normalized spacial score (nSPS) is 13.8. The van der Waals surface area contributed by atoms with Crippen molar-refractivity contribution in [3.8, 4) is 0 Å². The van der Waals surface area contributed by atoms with Crippen molar-refractivity contribution in [1.29, 1.82) is 0 Å². The molecule has 0 saturated heterocycles. The summed E-state index contributed by atoms with van der Waals surface area (Å²) in [6, 6.07) is 3.95. The lowest BCUT2D eigenvalue weighted by Crippen LogP contribution is -2.25. The van der Waals surface area contributed by atoms with Gasteiger partial charge in [-0.2, -0.15) is 0 Å². The van der Waals surface area contributed by atoms with E-state index in [1.165, 1.54) is 6.07 Å². The van der Waals surface area contributed by atoms with E-state index < -0.39 is 11.6 Å². The zero-order valence-corrected chi connectivity index (χ0v) is 10.6. The van der Waals surface area contributed by atoms with Gasteiger partial charge in [-0.3, -0.25) is 0 Å². The number of rotatable bonds is 4. The smallest absolute Gasteiger partial charge is 0.159 e. The molecule has 0 aromatic heterocycles. The molecule has 0 aliphatic carbocycles. The van der Waals surface area contributed by atoms with Crippen molar-refractivity contribution in [3.05, 3.63) is 35.4 Å². The first kappa shape index (κ1) is 14.1. The van der Waals surface area contributed by atoms with Crippen molar-refractivity contribution in [2.75, 3.05) is 0 Å². The second-order valence-corrected chi connectivity index (χ2v) is 5.52. The quantitative estimate of drug-likeness (QED) is 0.853. The Morgan fingerprint density at radius 2 is 1.82 bits per heavy atom. The van der Waals surface area contributed by atoms with E-state index in [1.807, 2.05) is 20.8 Å². The molecule has 0 spiro atoms. The summed E-state index contributed by atoms with van der Waals surface area (Å²) in [7, 11) is 0. The van der Waals surface area contributed by atoms with E-state index in [0.717, 1.165) is 18.1 Å². The van der Waals surface area contributed by atoms with Gasteiger partial charge in [0.2, 0.25) is 0 Å². The van der Waals surface area contributed by atoms with Crippen LogP contribution in [0.1, 0.15) is 39.2 Å². The van der Waals surface area contributed by atoms with Crippen LogP contribution < -0.4 is 0 Å². The molecular formula is C14H20F2O. The predicted octanol–water partition coefficient (Wildman–Crippen LogP) is 3.69. The zero-order valence-electron chi connectivity index (χ0n) is 10.6. The van der Waals surface area contributed by atoms with E-state index in [1.54, 1.807) is 6.07 Å². The highest BCUT2D eigenvalue weighted by Crippen LogP contribution is 2.23. The van der Waals surface area contributed by atoms with Crippen LogP contribution in [0.25, 0.3) is 0 Å². The Kier molecular flexibility index (Phi) is 4.63. The number of halogens is 2. The number of aryl methyl sites for hydroxylation is 1. The first-order chi connectivity index (χ1) is 7.80. The van der Waals surface area contributed by atoms with Gasteiger partial charge in [0.05, 0.1) is 6.10 Å². The van der Waals surface area contributed by atoms with Gasteiger partial charge in [-0.05, 0) is 42.4 Å². The topological polar surface area (TPSA) is 20.2 Å². The number of benzene rings is 1. The fourth-order valence-corrected chi connectivity index (χ4v) is 1.63. The molecule has 0 fully saturated rings. The van der Waals surface area contributed by atoms with Crippen LogP contribution in [-0.4, -0.2) is 11.2 Å². The van der Waals surface area contributed by atoms with Crippen LogP contribution in [0.2, 0.25) is 0 Å². The third-order valence-corrected chi connectivity index (χ3v) is 2.93. The molecule has 1 unspecified atom stereocenters. The molecule has 1 rings (SSSR count). The first-order valence-electron chi connectivity index (χ1n) is 5.92. The fraction of sp³-hybridized carbons (Fsp3) is 0.571. The number of hydrogen-bond donors (Lipinski definition) is 1. The van der Waals surface area contributed by atoms with E-state index in [0.29, 0.717) is 12.8 Å². The van der Waals surface area contributed by atoms with Gasteiger partial charge >= 0.3 is 0 Å². The van der Waals surface area contributed by atoms with E-state index in [2.05, 4.69) is 0 Å². The van der Waals surface area contributed by atoms with Gasteiger partial charge in [0.15, 0.2) is 11.6 Å². The highest BCUT2D eigenvalue weighted by Gasteiger charge is 2.21. The van der Waals surface area contributed by atoms with Crippen LogP contribution in [0.5, 0.6) is 0 Å². The van der Waals surface area contributed by atoms with Crippen molar-refractivity contribution in [2.45, 2.75) is 46.1 Å². The van der Waals surface area contributed by atoms with Crippen LogP contribution in [-0.2, 0) is 6.42 Å². The number of aliphatic hydroxyl groups excluding tert-OH is 1. The Labute approximate surface area is 101 Å². The molecule has 0 radical (unpaired) electrons. The van der Waals surface area contributed by atoms with E-state index in [9.17, 15) is 13.9 Å². The van der Waals surface area contributed by atoms with Gasteiger partial charge in [-0.1, -0.05) is 26.8 Å². The highest BCUT2D eigenvalue weighted by atomic mass is 19.2. The molecule has 1 atom stereocenters. The van der Waals surface area contributed by atoms with Crippen LogP contribution in [0, 0.1) is 17.0 Å². The summed E-state index contributed by atoms with van der Waals surface area (Å²) in [5, 5.41) is 9.83. The Morgan fingerprint density at radius 1 is 1.18 bits per heavy atom. The molecule has 1 aromatic rings. The van der Waals surface area contributed by atoms with Crippen molar-refractivity contribution in [1.82, 2.24) is 0 Å². The SMILES string of the molecule is CC(C)(C)C(O)CCCc1ccc(F)c(F)c1. The molecule has 3 heteroatoms. The molecule has 0 heterocycles. The first-order valence-corrected chi connectivity index (χ1v) is 5.92. The largest absolute Gasteiger partial charge is 0.393 e. The lowest BCUT2D eigenvalue weighted by molar-refractivity contribution is 0.0540. The molecule has 0 aliphatic rings. The van der Waals surface area contributed by atoms with E-state index >= 15 is 0 Å². The Morgan fingerprint density at radius 3 is 2.35 bits per heavy atom. The monoisotopic (exact) mass is 242 g/mol. The lowest BCUT2D eigenvalue weighted by atomic mass is 9.86. The maximum absolute atomic E-state index is 12.9. The zero-order chi connectivity index (χ0) is 13.1. The van der Waals surface area contributed by atoms with Crippen molar-refractivity contribution in [3.63, 3.8) is 0 Å². The minimum atomic E-state index is -0.816. The second-order valence-electron chi connectivity index (χ2n) is 5.52. The van der Waals surface area contributed by atoms with Crippen molar-refractivity contribution >= 4 is 0 Å². The van der Waals surface area contributed by atoms with Gasteiger partial charge in [-0.25, -0.2) is 8.78 Å². The summed E-state index contributed by atoms with van der Waals surface area (Å²) in [4.78, 5) is 0. The van der Waals surface area contributed by atoms with E-state index in [-0.39, 0.29) is 11.5 Å². The lowest BCUT2D eigenvalue weighted by Gasteiger charge is -2.25. The predicted molar refractivity (Wildman–Crippen MR) is 64.8 cm³/mol. The molecule has 0 saturated carbocycles. The van der Waals surface area contributed by atoms with E-state index in [4.69, 9.17) is 0 Å². The maximum atomic E-state index is 12.9. The average Bonchev–Trinajstić information content (AvgIpc) is 2.22. The van der Waals surface area contributed by atoms with Gasteiger partial charge < -0.3 is 5.11 Å². The fourth-order valence-electron chi connectivity index (χ4n) is 1.63. The summed E-state index contributed by atoms with van der Waals surface area (Å²) >= 11 is 0. The third kappa shape index (κ3) is 4.43. The molecule has 17 heavy (non-hydrogen) atoms. The maximum Gasteiger partial charge on any atom is 0.159 e. The van der Waals surface area contributed by atoms with Crippen LogP contribution in [0.3, 0.4) is 0 Å². The summed E-state index contributed by atoms with van der Waals surface area (Å²) in [5.74, 6) is -1.62. The minimum absolute atomic E-state index is 0.131. The number of aliphatic hydroxyl groups is 1. The molecule has 0 amide bonds. The Hall–Kier alpha value is -0.960. The molecule has 1 nitrogen and oxygen atoms in total. The summed E-state index contributed by atoms with van der Waals surface area (Å²) in [6.45, 7) is 5.94. The van der Waals surface area contributed by atoms with Gasteiger partial charge in [-0.15, -0.1) is 0 Å². The Bertz CT molecular complexity index is 369. The molecule has 1 N–H and O–H groups in total. The minimum Gasteiger partial charge on any atom is -0.393 e.